The van der Waals surface area contributed by atoms with Crippen molar-refractivity contribution in [2.75, 3.05) is 33.4 Å². The predicted molar refractivity (Wildman–Crippen MR) is 116 cm³/mol. The van der Waals surface area contributed by atoms with Crippen molar-refractivity contribution in [3.8, 4) is 5.75 Å². The van der Waals surface area contributed by atoms with Crippen molar-refractivity contribution in [3.05, 3.63) is 59.2 Å². The summed E-state index contributed by atoms with van der Waals surface area (Å²) in [7, 11) is 1.57. The molecule has 31 heavy (non-hydrogen) atoms. The van der Waals surface area contributed by atoms with E-state index in [9.17, 15) is 9.18 Å². The summed E-state index contributed by atoms with van der Waals surface area (Å²) >= 11 is 0. The van der Waals surface area contributed by atoms with Gasteiger partial charge < -0.3 is 14.8 Å². The number of amides is 1. The second-order valence-corrected chi connectivity index (χ2v) is 8.49. The summed E-state index contributed by atoms with van der Waals surface area (Å²) in [6.45, 7) is 4.09. The van der Waals surface area contributed by atoms with Crippen LogP contribution in [0.1, 0.15) is 40.7 Å². The third kappa shape index (κ3) is 5.80. The minimum Gasteiger partial charge on any atom is -0.496 e. The molecule has 1 N–H and O–H groups in total. The Morgan fingerprint density at radius 2 is 2.10 bits per heavy atom. The Bertz CT molecular complexity index is 901. The molecule has 0 saturated carbocycles. The number of carbonyl (C=O) groups is 1. The van der Waals surface area contributed by atoms with Crippen molar-refractivity contribution in [3.63, 3.8) is 0 Å². The molecular weight excluding hydrogens is 397 g/mol. The Labute approximate surface area is 182 Å². The number of pyridine rings is 1. The van der Waals surface area contributed by atoms with Crippen LogP contribution < -0.4 is 10.1 Å². The molecule has 166 valence electrons. The van der Waals surface area contributed by atoms with Gasteiger partial charge in [-0.3, -0.25) is 14.7 Å². The lowest BCUT2D eigenvalue weighted by Crippen LogP contribution is -2.38. The summed E-state index contributed by atoms with van der Waals surface area (Å²) in [5.41, 5.74) is 2.71. The molecule has 0 aliphatic carbocycles. The number of nitrogens with one attached hydrogen (secondary N) is 1. The number of hydrogen-bond acceptors (Lipinski definition) is 5. The number of likely N-dealkylation sites (tertiary alicyclic amines) is 1. The minimum atomic E-state index is -0.284. The SMILES string of the molecule is COc1cc(F)ccc1CN1CCC(Cc2cncc(C(=O)NC3CCOCC3)c2)C1. The van der Waals surface area contributed by atoms with Crippen LogP contribution in [-0.2, 0) is 17.7 Å². The molecule has 2 aliphatic heterocycles. The Morgan fingerprint density at radius 3 is 2.90 bits per heavy atom. The fourth-order valence-electron chi connectivity index (χ4n) is 4.48. The third-order valence-corrected chi connectivity index (χ3v) is 6.15. The molecule has 2 aromatic rings. The molecule has 2 fully saturated rings. The molecule has 0 bridgehead atoms. The number of nitrogens with zero attached hydrogens (tertiary/aromatic N) is 2. The third-order valence-electron chi connectivity index (χ3n) is 6.15. The van der Waals surface area contributed by atoms with Gasteiger partial charge in [0.25, 0.3) is 5.91 Å². The molecule has 1 aromatic heterocycles. The van der Waals surface area contributed by atoms with E-state index in [-0.39, 0.29) is 17.8 Å². The Morgan fingerprint density at radius 1 is 1.26 bits per heavy atom. The quantitative estimate of drug-likeness (QED) is 0.735. The van der Waals surface area contributed by atoms with Gasteiger partial charge in [-0.2, -0.15) is 0 Å². The lowest BCUT2D eigenvalue weighted by atomic mass is 9.99. The number of rotatable bonds is 7. The van der Waals surface area contributed by atoms with Crippen LogP contribution in [-0.4, -0.2) is 55.2 Å². The Kier molecular flexibility index (Phi) is 7.14. The molecule has 1 aromatic carbocycles. The average Bonchev–Trinajstić information content (AvgIpc) is 3.22. The summed E-state index contributed by atoms with van der Waals surface area (Å²) in [6.07, 6.45) is 7.19. The molecule has 1 atom stereocenters. The van der Waals surface area contributed by atoms with Crippen molar-refractivity contribution in [2.24, 2.45) is 5.92 Å². The Hall–Kier alpha value is -2.51. The second-order valence-electron chi connectivity index (χ2n) is 8.49. The van der Waals surface area contributed by atoms with E-state index in [1.807, 2.05) is 12.3 Å². The first-order valence-corrected chi connectivity index (χ1v) is 11.0. The van der Waals surface area contributed by atoms with Crippen LogP contribution in [0.3, 0.4) is 0 Å². The fraction of sp³-hybridized carbons (Fsp3) is 0.500. The van der Waals surface area contributed by atoms with Crippen molar-refractivity contribution >= 4 is 5.91 Å². The van der Waals surface area contributed by atoms with Crippen LogP contribution in [0.15, 0.2) is 36.7 Å². The van der Waals surface area contributed by atoms with E-state index in [1.165, 1.54) is 12.1 Å². The molecule has 1 unspecified atom stereocenters. The highest BCUT2D eigenvalue weighted by Crippen LogP contribution is 2.26. The van der Waals surface area contributed by atoms with Gasteiger partial charge >= 0.3 is 0 Å². The molecule has 2 aliphatic rings. The van der Waals surface area contributed by atoms with Gasteiger partial charge in [-0.25, -0.2) is 4.39 Å². The van der Waals surface area contributed by atoms with Crippen LogP contribution in [0.2, 0.25) is 0 Å². The van der Waals surface area contributed by atoms with Gasteiger partial charge in [0.05, 0.1) is 12.7 Å². The average molecular weight is 428 g/mol. The maximum atomic E-state index is 13.4. The number of halogens is 1. The monoisotopic (exact) mass is 427 g/mol. The first kappa shape index (κ1) is 21.7. The molecule has 1 amide bonds. The zero-order valence-corrected chi connectivity index (χ0v) is 18.0. The van der Waals surface area contributed by atoms with Crippen molar-refractivity contribution in [1.29, 1.82) is 0 Å². The van der Waals surface area contributed by atoms with Crippen LogP contribution >= 0.6 is 0 Å². The maximum Gasteiger partial charge on any atom is 0.253 e. The molecule has 2 saturated heterocycles. The van der Waals surface area contributed by atoms with Crippen LogP contribution in [0.4, 0.5) is 4.39 Å². The standard InChI is InChI=1S/C24H30FN3O3/c1-30-23-12-21(25)3-2-19(23)16-28-7-4-17(15-28)10-18-11-20(14-26-13-18)24(29)27-22-5-8-31-9-6-22/h2-3,11-14,17,22H,4-10,15-16H2,1H3,(H,27,29). The van der Waals surface area contributed by atoms with Gasteiger partial charge in [0, 0.05) is 56.4 Å². The van der Waals surface area contributed by atoms with E-state index in [2.05, 4.69) is 15.2 Å². The van der Waals surface area contributed by atoms with Crippen LogP contribution in [0, 0.1) is 11.7 Å². The summed E-state index contributed by atoms with van der Waals surface area (Å²) in [5, 5.41) is 3.10. The van der Waals surface area contributed by atoms with Gasteiger partial charge in [-0.15, -0.1) is 0 Å². The zero-order valence-electron chi connectivity index (χ0n) is 18.0. The molecule has 0 radical (unpaired) electrons. The van der Waals surface area contributed by atoms with E-state index < -0.39 is 0 Å². The summed E-state index contributed by atoms with van der Waals surface area (Å²) in [6, 6.07) is 6.86. The molecule has 3 heterocycles. The van der Waals surface area contributed by atoms with Crippen molar-refractivity contribution in [1.82, 2.24) is 15.2 Å². The van der Waals surface area contributed by atoms with Gasteiger partial charge in [0.1, 0.15) is 11.6 Å². The molecular formula is C24H30FN3O3. The summed E-state index contributed by atoms with van der Waals surface area (Å²) in [5.74, 6) is 0.754. The second kappa shape index (κ2) is 10.2. The topological polar surface area (TPSA) is 63.7 Å². The number of hydrogen-bond donors (Lipinski definition) is 1. The lowest BCUT2D eigenvalue weighted by molar-refractivity contribution is 0.0696. The Balaban J connectivity index is 1.32. The highest BCUT2D eigenvalue weighted by molar-refractivity contribution is 5.94. The summed E-state index contributed by atoms with van der Waals surface area (Å²) < 4.78 is 24.1. The van der Waals surface area contributed by atoms with Gasteiger partial charge in [-0.05, 0) is 55.8 Å². The number of ether oxygens (including phenoxy) is 2. The van der Waals surface area contributed by atoms with Gasteiger partial charge in [-0.1, -0.05) is 6.07 Å². The number of methoxy groups -OCH3 is 1. The highest BCUT2D eigenvalue weighted by Gasteiger charge is 2.24. The normalized spacial score (nSPS) is 20.0. The smallest absolute Gasteiger partial charge is 0.253 e. The summed E-state index contributed by atoms with van der Waals surface area (Å²) in [4.78, 5) is 19.3. The van der Waals surface area contributed by atoms with E-state index in [4.69, 9.17) is 9.47 Å². The maximum absolute atomic E-state index is 13.4. The number of aromatic nitrogens is 1. The largest absolute Gasteiger partial charge is 0.496 e. The molecule has 4 rings (SSSR count). The van der Waals surface area contributed by atoms with Gasteiger partial charge in [0.15, 0.2) is 0 Å². The molecule has 7 heteroatoms. The highest BCUT2D eigenvalue weighted by atomic mass is 19.1. The van der Waals surface area contributed by atoms with E-state index in [1.54, 1.807) is 19.4 Å². The zero-order chi connectivity index (χ0) is 21.6. The first-order chi connectivity index (χ1) is 15.1. The van der Waals surface area contributed by atoms with Crippen molar-refractivity contribution < 1.29 is 18.7 Å². The lowest BCUT2D eigenvalue weighted by Gasteiger charge is -2.23. The minimum absolute atomic E-state index is 0.0577. The fourth-order valence-corrected chi connectivity index (χ4v) is 4.48. The van der Waals surface area contributed by atoms with Crippen molar-refractivity contribution in [2.45, 2.75) is 38.3 Å². The predicted octanol–water partition coefficient (Wildman–Crippen LogP) is 3.20. The number of carbonyl (C=O) groups excluding carboxylic acids is 1. The van der Waals surface area contributed by atoms with E-state index >= 15 is 0 Å². The molecule has 6 nitrogen and oxygen atoms in total. The van der Waals surface area contributed by atoms with Crippen LogP contribution in [0.25, 0.3) is 0 Å². The van der Waals surface area contributed by atoms with Gasteiger partial charge in [0.2, 0.25) is 0 Å². The first-order valence-electron chi connectivity index (χ1n) is 11.0. The number of benzene rings is 1. The van der Waals surface area contributed by atoms with E-state index in [0.717, 1.165) is 56.4 Å². The van der Waals surface area contributed by atoms with E-state index in [0.29, 0.717) is 30.4 Å². The molecule has 0 spiro atoms. The van der Waals surface area contributed by atoms with Crippen LogP contribution in [0.5, 0.6) is 5.75 Å².